The van der Waals surface area contributed by atoms with E-state index in [2.05, 4.69) is 30.3 Å². The van der Waals surface area contributed by atoms with Crippen molar-refractivity contribution in [3.8, 4) is 28.4 Å². The molecule has 0 aromatic heterocycles. The maximum atomic E-state index is 14.3. The van der Waals surface area contributed by atoms with Crippen molar-refractivity contribution in [2.45, 2.75) is 70.4 Å². The number of amides is 3. The first-order valence-electron chi connectivity index (χ1n) is 18.7. The van der Waals surface area contributed by atoms with Crippen LogP contribution in [0, 0.1) is 0 Å². The van der Waals surface area contributed by atoms with Gasteiger partial charge in [-0.25, -0.2) is 9.59 Å². The third-order valence-corrected chi connectivity index (χ3v) is 11.1. The lowest BCUT2D eigenvalue weighted by Gasteiger charge is -2.30. The number of hydrogen-bond acceptors (Lipinski definition) is 10. The SMILES string of the molecule is COC(=O)[C@@H]1Cc2ccc(OCc3ccccc3)c(c2)-c2cc(cc(O)c2OCOCC[Si](C)(C)C)[C@H](N(C)C(=O)OCc2ccccc2)C(=O)N[C@@H](C)C(=O)N1. The Balaban J connectivity index is 1.66. The maximum absolute atomic E-state index is 14.3. The van der Waals surface area contributed by atoms with E-state index in [-0.39, 0.29) is 43.5 Å². The minimum atomic E-state index is -1.42. The van der Waals surface area contributed by atoms with Crippen LogP contribution in [0.25, 0.3) is 11.1 Å². The molecule has 0 spiro atoms. The molecular weight excluding hydrogens is 747 g/mol. The third kappa shape index (κ3) is 11.6. The van der Waals surface area contributed by atoms with Crippen LogP contribution in [-0.2, 0) is 48.2 Å². The number of phenols is 1. The lowest BCUT2D eigenvalue weighted by molar-refractivity contribution is -0.145. The standard InChI is InChI=1S/C43H51N3O10Si/c1-28-40(48)45-35(42(50)52-3)22-31-17-18-37(54-25-29-13-9-7-10-14-29)33(21-31)34-23-32(24-36(47)39(34)56-27-53-19-20-57(4,5)6)38(41(49)44-28)46(2)43(51)55-26-30-15-11-8-12-16-30/h7-18,21,23-24,28,35,38,47H,19-20,22,25-27H2,1-6H3,(H,44,49)(H,45,48)/t28-,35-,38-/m0/s1. The molecule has 4 aromatic carbocycles. The third-order valence-electron chi connectivity index (χ3n) is 9.38. The zero-order valence-electron chi connectivity index (χ0n) is 33.2. The number of fused-ring (bicyclic) bond motifs is 5. The van der Waals surface area contributed by atoms with Gasteiger partial charge in [0.1, 0.15) is 37.1 Å². The Kier molecular flexibility index (Phi) is 14.3. The van der Waals surface area contributed by atoms with Crippen LogP contribution in [0.1, 0.15) is 35.2 Å². The molecule has 1 heterocycles. The first kappa shape index (κ1) is 42.3. The monoisotopic (exact) mass is 797 g/mol. The van der Waals surface area contributed by atoms with Crippen molar-refractivity contribution in [1.82, 2.24) is 15.5 Å². The minimum Gasteiger partial charge on any atom is -0.504 e. The highest BCUT2D eigenvalue weighted by Crippen LogP contribution is 2.45. The summed E-state index contributed by atoms with van der Waals surface area (Å²) in [5.41, 5.74) is 3.18. The van der Waals surface area contributed by atoms with Crippen LogP contribution < -0.4 is 20.1 Å². The molecule has 0 aliphatic carbocycles. The van der Waals surface area contributed by atoms with Gasteiger partial charge in [0, 0.05) is 39.3 Å². The van der Waals surface area contributed by atoms with Gasteiger partial charge in [-0.15, -0.1) is 0 Å². The van der Waals surface area contributed by atoms with Crippen LogP contribution in [0.4, 0.5) is 4.79 Å². The van der Waals surface area contributed by atoms with Gasteiger partial charge in [-0.1, -0.05) is 86.4 Å². The van der Waals surface area contributed by atoms with Crippen LogP contribution in [0.2, 0.25) is 25.7 Å². The molecule has 0 saturated heterocycles. The van der Waals surface area contributed by atoms with Crippen LogP contribution in [0.5, 0.6) is 17.2 Å². The summed E-state index contributed by atoms with van der Waals surface area (Å²) >= 11 is 0. The van der Waals surface area contributed by atoms with Crippen molar-refractivity contribution < 1.29 is 48.0 Å². The van der Waals surface area contributed by atoms with E-state index in [1.807, 2.05) is 48.5 Å². The first-order valence-corrected chi connectivity index (χ1v) is 22.4. The Labute approximate surface area is 334 Å². The lowest BCUT2D eigenvalue weighted by atomic mass is 9.93. The Morgan fingerprint density at radius 2 is 1.51 bits per heavy atom. The molecular formula is C43H51N3O10Si. The number of likely N-dealkylation sites (N-methyl/N-ethyl adjacent to an activating group) is 1. The van der Waals surface area contributed by atoms with E-state index in [1.54, 1.807) is 36.4 Å². The van der Waals surface area contributed by atoms with Gasteiger partial charge in [0.05, 0.1) is 7.11 Å². The highest BCUT2D eigenvalue weighted by atomic mass is 28.3. The quantitative estimate of drug-likeness (QED) is 0.0601. The van der Waals surface area contributed by atoms with Gasteiger partial charge in [0.2, 0.25) is 11.8 Å². The number of nitrogens with zero attached hydrogens (tertiary/aromatic N) is 1. The van der Waals surface area contributed by atoms with E-state index in [0.717, 1.165) is 22.1 Å². The molecule has 0 saturated carbocycles. The second-order valence-corrected chi connectivity index (χ2v) is 20.7. The lowest BCUT2D eigenvalue weighted by Crippen LogP contribution is -2.53. The minimum absolute atomic E-state index is 0.0192. The molecule has 4 bridgehead atoms. The summed E-state index contributed by atoms with van der Waals surface area (Å²) < 4.78 is 29.1. The Bertz CT molecular complexity index is 2020. The van der Waals surface area contributed by atoms with Crippen molar-refractivity contribution in [2.24, 2.45) is 0 Å². The van der Waals surface area contributed by atoms with E-state index < -0.39 is 50.1 Å². The zero-order chi connectivity index (χ0) is 41.1. The molecule has 5 rings (SSSR count). The first-order chi connectivity index (χ1) is 27.2. The van der Waals surface area contributed by atoms with Crippen molar-refractivity contribution in [1.29, 1.82) is 0 Å². The summed E-state index contributed by atoms with van der Waals surface area (Å²) in [6, 6.07) is 24.0. The van der Waals surface area contributed by atoms with Gasteiger partial charge in [0.25, 0.3) is 0 Å². The molecule has 4 aromatic rings. The van der Waals surface area contributed by atoms with Crippen LogP contribution in [0.3, 0.4) is 0 Å². The molecule has 3 N–H and O–H groups in total. The van der Waals surface area contributed by atoms with Crippen molar-refractivity contribution in [3.05, 3.63) is 113 Å². The van der Waals surface area contributed by atoms with Crippen LogP contribution in [0.15, 0.2) is 91.0 Å². The van der Waals surface area contributed by atoms with Gasteiger partial charge in [0.15, 0.2) is 18.3 Å². The molecule has 13 nitrogen and oxygen atoms in total. The summed E-state index contributed by atoms with van der Waals surface area (Å²) in [6.45, 7) is 8.56. The largest absolute Gasteiger partial charge is 0.504 e. The maximum Gasteiger partial charge on any atom is 0.410 e. The van der Waals surface area contributed by atoms with Crippen molar-refractivity contribution in [3.63, 3.8) is 0 Å². The Hall–Kier alpha value is -5.86. The fourth-order valence-electron chi connectivity index (χ4n) is 6.16. The summed E-state index contributed by atoms with van der Waals surface area (Å²) in [6.07, 6.45) is -0.820. The number of methoxy groups -OCH3 is 1. The van der Waals surface area contributed by atoms with Gasteiger partial charge in [-0.2, -0.15) is 0 Å². The van der Waals surface area contributed by atoms with Gasteiger partial charge < -0.3 is 39.4 Å². The molecule has 57 heavy (non-hydrogen) atoms. The van der Waals surface area contributed by atoms with Crippen LogP contribution >= 0.6 is 0 Å². The van der Waals surface area contributed by atoms with E-state index in [9.17, 15) is 24.3 Å². The van der Waals surface area contributed by atoms with Gasteiger partial charge >= 0.3 is 12.1 Å². The molecule has 3 amide bonds. The second-order valence-electron chi connectivity index (χ2n) is 15.1. The van der Waals surface area contributed by atoms with Gasteiger partial charge in [-0.05, 0) is 59.5 Å². The smallest absolute Gasteiger partial charge is 0.410 e. The number of esters is 1. The molecule has 0 unspecified atom stereocenters. The molecule has 1 aliphatic rings. The van der Waals surface area contributed by atoms with E-state index >= 15 is 0 Å². The van der Waals surface area contributed by atoms with Crippen molar-refractivity contribution >= 4 is 32.0 Å². The number of carbonyl (C=O) groups excluding carboxylic acids is 4. The predicted octanol–water partition coefficient (Wildman–Crippen LogP) is 6.36. The summed E-state index contributed by atoms with van der Waals surface area (Å²) in [7, 11) is 1.20. The highest BCUT2D eigenvalue weighted by molar-refractivity contribution is 6.76. The number of aromatic hydroxyl groups is 1. The number of benzene rings is 4. The molecule has 1 aliphatic heterocycles. The fourth-order valence-corrected chi connectivity index (χ4v) is 6.92. The van der Waals surface area contributed by atoms with Crippen molar-refractivity contribution in [2.75, 3.05) is 27.6 Å². The normalized spacial score (nSPS) is 17.0. The zero-order valence-corrected chi connectivity index (χ0v) is 34.2. The number of nitrogens with one attached hydrogen (secondary N) is 2. The molecule has 3 atom stereocenters. The van der Waals surface area contributed by atoms with Crippen LogP contribution in [-0.4, -0.2) is 81.6 Å². The summed E-state index contributed by atoms with van der Waals surface area (Å²) in [4.78, 5) is 55.5. The number of carbonyl (C=O) groups is 4. The number of hydrogen-bond donors (Lipinski definition) is 3. The number of phenolic OH excluding ortho intramolecular Hbond substituents is 1. The van der Waals surface area contributed by atoms with E-state index in [1.165, 1.54) is 27.1 Å². The number of rotatable bonds is 13. The predicted molar refractivity (Wildman–Crippen MR) is 216 cm³/mol. The molecule has 14 heteroatoms. The molecule has 0 radical (unpaired) electrons. The average Bonchev–Trinajstić information content (AvgIpc) is 3.19. The average molecular weight is 798 g/mol. The Morgan fingerprint density at radius 1 is 0.842 bits per heavy atom. The van der Waals surface area contributed by atoms with Gasteiger partial charge in [-0.3, -0.25) is 14.5 Å². The topological polar surface area (TPSA) is 162 Å². The molecule has 302 valence electrons. The highest BCUT2D eigenvalue weighted by Gasteiger charge is 2.35. The fraction of sp³-hybridized carbons (Fsp3) is 0.349. The Morgan fingerprint density at radius 3 is 2.16 bits per heavy atom. The molecule has 0 fully saturated rings. The van der Waals surface area contributed by atoms with E-state index in [4.69, 9.17) is 23.7 Å². The number of ether oxygens (including phenoxy) is 5. The van der Waals surface area contributed by atoms with E-state index in [0.29, 0.717) is 29.0 Å². The summed E-state index contributed by atoms with van der Waals surface area (Å²) in [5.74, 6) is -2.03. The second kappa shape index (κ2) is 19.3. The summed E-state index contributed by atoms with van der Waals surface area (Å²) in [5, 5.41) is 17.1.